The van der Waals surface area contributed by atoms with Gasteiger partial charge >= 0.3 is 5.97 Å². The minimum absolute atomic E-state index is 0.0671. The second-order valence-electron chi connectivity index (χ2n) is 3.74. The maximum atomic E-state index is 11.2. The molecule has 0 atom stereocenters. The van der Waals surface area contributed by atoms with Crippen LogP contribution in [0.15, 0.2) is 0 Å². The van der Waals surface area contributed by atoms with E-state index in [2.05, 4.69) is 0 Å². The van der Waals surface area contributed by atoms with Gasteiger partial charge in [0.2, 0.25) is 0 Å². The van der Waals surface area contributed by atoms with Gasteiger partial charge in [0.05, 0.1) is 19.1 Å². The molecule has 1 N–H and O–H groups in total. The summed E-state index contributed by atoms with van der Waals surface area (Å²) in [6, 6.07) is 0. The molecule has 76 valence electrons. The SMILES string of the molecule is COC(=O)C1CCCC(O)CCC1. The van der Waals surface area contributed by atoms with Crippen LogP contribution in [0.2, 0.25) is 0 Å². The first kappa shape index (κ1) is 10.5. The summed E-state index contributed by atoms with van der Waals surface area (Å²) in [6.07, 6.45) is 5.09. The second-order valence-corrected chi connectivity index (χ2v) is 3.74. The molecular weight excluding hydrogens is 168 g/mol. The van der Waals surface area contributed by atoms with Crippen LogP contribution in [0.1, 0.15) is 38.5 Å². The highest BCUT2D eigenvalue weighted by molar-refractivity contribution is 5.72. The monoisotopic (exact) mass is 186 g/mol. The van der Waals surface area contributed by atoms with E-state index in [1.807, 2.05) is 0 Å². The minimum Gasteiger partial charge on any atom is -0.469 e. The molecule has 0 saturated heterocycles. The molecule has 0 aliphatic heterocycles. The van der Waals surface area contributed by atoms with Gasteiger partial charge in [0.15, 0.2) is 0 Å². The highest BCUT2D eigenvalue weighted by atomic mass is 16.5. The van der Waals surface area contributed by atoms with E-state index in [9.17, 15) is 9.90 Å². The van der Waals surface area contributed by atoms with Crippen molar-refractivity contribution in [3.05, 3.63) is 0 Å². The van der Waals surface area contributed by atoms with Crippen LogP contribution in [-0.2, 0) is 9.53 Å². The third-order valence-electron chi connectivity index (χ3n) is 2.71. The lowest BCUT2D eigenvalue weighted by Gasteiger charge is -2.19. The highest BCUT2D eigenvalue weighted by Crippen LogP contribution is 2.23. The van der Waals surface area contributed by atoms with Crippen molar-refractivity contribution in [1.82, 2.24) is 0 Å². The van der Waals surface area contributed by atoms with E-state index in [1.54, 1.807) is 0 Å². The summed E-state index contributed by atoms with van der Waals surface area (Å²) in [4.78, 5) is 11.2. The Hall–Kier alpha value is -0.570. The summed E-state index contributed by atoms with van der Waals surface area (Å²) >= 11 is 0. The molecule has 3 nitrogen and oxygen atoms in total. The van der Waals surface area contributed by atoms with Crippen molar-refractivity contribution in [3.63, 3.8) is 0 Å². The van der Waals surface area contributed by atoms with Crippen LogP contribution >= 0.6 is 0 Å². The molecule has 0 radical (unpaired) electrons. The fraction of sp³-hybridized carbons (Fsp3) is 0.900. The van der Waals surface area contributed by atoms with Gasteiger partial charge in [0.1, 0.15) is 0 Å². The maximum Gasteiger partial charge on any atom is 0.308 e. The summed E-state index contributed by atoms with van der Waals surface area (Å²) in [5, 5.41) is 9.38. The Balaban J connectivity index is 2.36. The summed E-state index contributed by atoms with van der Waals surface area (Å²) in [5.41, 5.74) is 0. The maximum absolute atomic E-state index is 11.2. The van der Waals surface area contributed by atoms with Gasteiger partial charge in [-0.2, -0.15) is 0 Å². The van der Waals surface area contributed by atoms with Gasteiger partial charge in [0, 0.05) is 0 Å². The summed E-state index contributed by atoms with van der Waals surface area (Å²) in [7, 11) is 1.44. The van der Waals surface area contributed by atoms with Crippen molar-refractivity contribution in [3.8, 4) is 0 Å². The lowest BCUT2D eigenvalue weighted by atomic mass is 9.90. The Morgan fingerprint density at radius 2 is 1.77 bits per heavy atom. The molecule has 0 aromatic carbocycles. The number of aliphatic hydroxyl groups excluding tert-OH is 1. The number of carbonyl (C=O) groups excluding carboxylic acids is 1. The van der Waals surface area contributed by atoms with Crippen LogP contribution in [0.4, 0.5) is 0 Å². The van der Waals surface area contributed by atoms with Crippen molar-refractivity contribution in [1.29, 1.82) is 0 Å². The molecule has 0 aromatic rings. The van der Waals surface area contributed by atoms with Gasteiger partial charge in [0.25, 0.3) is 0 Å². The highest BCUT2D eigenvalue weighted by Gasteiger charge is 2.21. The molecule has 3 heteroatoms. The van der Waals surface area contributed by atoms with Gasteiger partial charge in [-0.25, -0.2) is 0 Å². The summed E-state index contributed by atoms with van der Waals surface area (Å²) in [5.74, 6) is -0.0195. The van der Waals surface area contributed by atoms with Gasteiger partial charge in [-0.1, -0.05) is 12.8 Å². The molecule has 13 heavy (non-hydrogen) atoms. The number of methoxy groups -OCH3 is 1. The van der Waals surface area contributed by atoms with Crippen molar-refractivity contribution < 1.29 is 14.6 Å². The van der Waals surface area contributed by atoms with Gasteiger partial charge in [-0.3, -0.25) is 4.79 Å². The Labute approximate surface area is 79.1 Å². The Kier molecular flexibility index (Phi) is 4.22. The number of rotatable bonds is 1. The zero-order valence-electron chi connectivity index (χ0n) is 8.16. The van der Waals surface area contributed by atoms with E-state index in [-0.39, 0.29) is 18.0 Å². The van der Waals surface area contributed by atoms with E-state index in [1.165, 1.54) is 7.11 Å². The molecule has 0 amide bonds. The first-order valence-corrected chi connectivity index (χ1v) is 5.00. The molecule has 0 aromatic heterocycles. The first-order chi connectivity index (χ1) is 6.24. The number of hydrogen-bond acceptors (Lipinski definition) is 3. The van der Waals surface area contributed by atoms with Crippen molar-refractivity contribution in [2.24, 2.45) is 5.92 Å². The number of carbonyl (C=O) groups is 1. The number of hydrogen-bond donors (Lipinski definition) is 1. The van der Waals surface area contributed by atoms with Crippen LogP contribution in [0.3, 0.4) is 0 Å². The van der Waals surface area contributed by atoms with Crippen LogP contribution in [0.25, 0.3) is 0 Å². The van der Waals surface area contributed by atoms with Gasteiger partial charge < -0.3 is 9.84 Å². The second kappa shape index (κ2) is 5.22. The van der Waals surface area contributed by atoms with E-state index in [0.29, 0.717) is 0 Å². The quantitative estimate of drug-likeness (QED) is 0.631. The largest absolute Gasteiger partial charge is 0.469 e. The zero-order valence-corrected chi connectivity index (χ0v) is 8.16. The van der Waals surface area contributed by atoms with Crippen LogP contribution in [-0.4, -0.2) is 24.3 Å². The zero-order chi connectivity index (χ0) is 9.68. The predicted octanol–water partition coefficient (Wildman–Crippen LogP) is 1.49. The standard InChI is InChI=1S/C10H18O3/c1-13-10(12)8-4-2-6-9(11)7-3-5-8/h8-9,11H,2-7H2,1H3. The van der Waals surface area contributed by atoms with E-state index < -0.39 is 0 Å². The first-order valence-electron chi connectivity index (χ1n) is 5.00. The molecule has 1 rings (SSSR count). The number of esters is 1. The lowest BCUT2D eigenvalue weighted by molar-refractivity contribution is -0.146. The average Bonchev–Trinajstić information content (AvgIpc) is 2.10. The van der Waals surface area contributed by atoms with E-state index in [0.717, 1.165) is 38.5 Å². The fourth-order valence-corrected chi connectivity index (χ4v) is 1.89. The molecule has 1 aliphatic carbocycles. The van der Waals surface area contributed by atoms with Gasteiger partial charge in [-0.15, -0.1) is 0 Å². The van der Waals surface area contributed by atoms with Crippen LogP contribution in [0, 0.1) is 5.92 Å². The topological polar surface area (TPSA) is 46.5 Å². The Morgan fingerprint density at radius 1 is 1.23 bits per heavy atom. The summed E-state index contributed by atoms with van der Waals surface area (Å²) in [6.45, 7) is 0. The smallest absolute Gasteiger partial charge is 0.308 e. The van der Waals surface area contributed by atoms with Crippen LogP contribution < -0.4 is 0 Å². The van der Waals surface area contributed by atoms with Crippen molar-refractivity contribution in [2.45, 2.75) is 44.6 Å². The van der Waals surface area contributed by atoms with Crippen LogP contribution in [0.5, 0.6) is 0 Å². The molecule has 0 heterocycles. The van der Waals surface area contributed by atoms with Crippen molar-refractivity contribution >= 4 is 5.97 Å². The summed E-state index contributed by atoms with van der Waals surface area (Å²) < 4.78 is 4.71. The number of ether oxygens (including phenoxy) is 1. The number of aliphatic hydroxyl groups is 1. The normalized spacial score (nSPS) is 30.3. The fourth-order valence-electron chi connectivity index (χ4n) is 1.89. The Bertz CT molecular complexity index is 158. The molecule has 0 spiro atoms. The van der Waals surface area contributed by atoms with Gasteiger partial charge in [-0.05, 0) is 25.7 Å². The third-order valence-corrected chi connectivity index (χ3v) is 2.71. The average molecular weight is 186 g/mol. The van der Waals surface area contributed by atoms with E-state index >= 15 is 0 Å². The molecular formula is C10H18O3. The molecule has 0 bridgehead atoms. The molecule has 1 fully saturated rings. The predicted molar refractivity (Wildman–Crippen MR) is 49.2 cm³/mol. The molecule has 0 unspecified atom stereocenters. The third kappa shape index (κ3) is 3.35. The van der Waals surface area contributed by atoms with E-state index in [4.69, 9.17) is 4.74 Å². The molecule has 1 aliphatic rings. The van der Waals surface area contributed by atoms with Crippen molar-refractivity contribution in [2.75, 3.05) is 7.11 Å². The lowest BCUT2D eigenvalue weighted by Crippen LogP contribution is -2.20. The Morgan fingerprint density at radius 3 is 2.23 bits per heavy atom. The molecule has 1 saturated carbocycles. The minimum atomic E-state index is -0.154.